The van der Waals surface area contributed by atoms with Gasteiger partial charge in [-0.1, -0.05) is 132 Å². The number of aliphatic hydroxyl groups is 4. The summed E-state index contributed by atoms with van der Waals surface area (Å²) in [4.78, 5) is 12.4. The van der Waals surface area contributed by atoms with Crippen molar-refractivity contribution in [2.45, 2.75) is 166 Å². The molecule has 1 aliphatic heterocycles. The maximum absolute atomic E-state index is 12.4. The van der Waals surface area contributed by atoms with Crippen molar-refractivity contribution in [3.63, 3.8) is 0 Å². The first-order valence-electron chi connectivity index (χ1n) is 20.0. The Morgan fingerprint density at radius 2 is 1.17 bits per heavy atom. The highest BCUT2D eigenvalue weighted by Crippen LogP contribution is 2.22. The Hall–Kier alpha value is -2.37. The fourth-order valence-corrected chi connectivity index (χ4v) is 5.49. The van der Waals surface area contributed by atoms with Crippen molar-refractivity contribution in [2.75, 3.05) is 26.4 Å². The minimum atomic E-state index is -1.54. The zero-order valence-electron chi connectivity index (χ0n) is 32.3. The van der Waals surface area contributed by atoms with Crippen molar-refractivity contribution in [1.29, 1.82) is 0 Å². The van der Waals surface area contributed by atoms with Gasteiger partial charge in [0.2, 0.25) is 0 Å². The maximum Gasteiger partial charge on any atom is 0.306 e. The lowest BCUT2D eigenvalue weighted by atomic mass is 9.99. The van der Waals surface area contributed by atoms with Crippen LogP contribution in [0.5, 0.6) is 0 Å². The van der Waals surface area contributed by atoms with Gasteiger partial charge in [0.1, 0.15) is 30.5 Å². The van der Waals surface area contributed by atoms with Crippen LogP contribution in [-0.2, 0) is 23.7 Å². The molecule has 1 heterocycles. The minimum Gasteiger partial charge on any atom is -0.457 e. The molecule has 9 nitrogen and oxygen atoms in total. The molecule has 0 aromatic heterocycles. The molecule has 4 N–H and O–H groups in total. The van der Waals surface area contributed by atoms with Gasteiger partial charge in [0.05, 0.1) is 19.8 Å². The number of ether oxygens (including phenoxy) is 4. The van der Waals surface area contributed by atoms with Gasteiger partial charge in [0.15, 0.2) is 6.29 Å². The second-order valence-electron chi connectivity index (χ2n) is 13.4. The summed E-state index contributed by atoms with van der Waals surface area (Å²) in [6.45, 7) is 4.21. The molecule has 52 heavy (non-hydrogen) atoms. The first-order chi connectivity index (χ1) is 25.4. The van der Waals surface area contributed by atoms with Gasteiger partial charge in [0.25, 0.3) is 0 Å². The zero-order valence-corrected chi connectivity index (χ0v) is 32.3. The van der Waals surface area contributed by atoms with Crippen LogP contribution in [0.25, 0.3) is 0 Å². The predicted molar refractivity (Wildman–Crippen MR) is 210 cm³/mol. The lowest BCUT2D eigenvalue weighted by Crippen LogP contribution is -2.59. The molecule has 0 saturated carbocycles. The lowest BCUT2D eigenvalue weighted by Gasteiger charge is -2.39. The molecular formula is C43H72O9. The standard InChI is InChI=1S/C43H72O9/c1-3-5-7-8-9-10-11-12-13-14-15-16-17-18-19-20-21-22-23-24-25-26-27-28-29-31-33-49-35-37(51-39(45)32-30-6-4-2)36-50-43-42(48)41(47)40(46)38(34-44)52-43/h5,7,9-10,12-13,15-16,18-19,21-22,37-38,40-44,46-48H,3-4,6,8,11,14,17,20,23-36H2,1-2H3/b7-5-,10-9-,13-12-,16-15-,19-18-,22-21-. The van der Waals surface area contributed by atoms with Crippen molar-refractivity contribution in [2.24, 2.45) is 0 Å². The maximum atomic E-state index is 12.4. The second-order valence-corrected chi connectivity index (χ2v) is 13.4. The topological polar surface area (TPSA) is 135 Å². The molecule has 0 aromatic carbocycles. The van der Waals surface area contributed by atoms with Crippen LogP contribution in [0.3, 0.4) is 0 Å². The molecule has 0 bridgehead atoms. The van der Waals surface area contributed by atoms with Crippen LogP contribution < -0.4 is 0 Å². The number of esters is 1. The van der Waals surface area contributed by atoms with Gasteiger partial charge in [-0.25, -0.2) is 0 Å². The van der Waals surface area contributed by atoms with Gasteiger partial charge in [-0.2, -0.15) is 0 Å². The van der Waals surface area contributed by atoms with Crippen LogP contribution in [-0.4, -0.2) is 89.6 Å². The zero-order chi connectivity index (χ0) is 37.9. The third-order valence-electron chi connectivity index (χ3n) is 8.64. The monoisotopic (exact) mass is 733 g/mol. The minimum absolute atomic E-state index is 0.124. The Labute approximate surface area is 315 Å². The van der Waals surface area contributed by atoms with Gasteiger partial charge in [-0.05, 0) is 64.2 Å². The quantitative estimate of drug-likeness (QED) is 0.0307. The number of allylic oxidation sites excluding steroid dienone is 12. The average molecular weight is 733 g/mol. The summed E-state index contributed by atoms with van der Waals surface area (Å²) in [5, 5.41) is 39.7. The van der Waals surface area contributed by atoms with E-state index in [9.17, 15) is 25.2 Å². The molecule has 0 aromatic rings. The molecule has 6 atom stereocenters. The normalized spacial score (nSPS) is 22.0. The van der Waals surface area contributed by atoms with Crippen LogP contribution in [0.2, 0.25) is 0 Å². The van der Waals surface area contributed by atoms with E-state index in [1.165, 1.54) is 25.7 Å². The van der Waals surface area contributed by atoms with Crippen LogP contribution >= 0.6 is 0 Å². The summed E-state index contributed by atoms with van der Waals surface area (Å²) in [5.41, 5.74) is 0. The molecule has 6 unspecified atom stereocenters. The van der Waals surface area contributed by atoms with E-state index in [2.05, 4.69) is 86.8 Å². The molecular weight excluding hydrogens is 660 g/mol. The molecule has 1 fully saturated rings. The first-order valence-corrected chi connectivity index (χ1v) is 20.0. The molecule has 298 valence electrons. The number of carbonyl (C=O) groups excluding carboxylic acids is 1. The van der Waals surface area contributed by atoms with E-state index in [-0.39, 0.29) is 19.2 Å². The van der Waals surface area contributed by atoms with E-state index in [0.29, 0.717) is 13.0 Å². The van der Waals surface area contributed by atoms with Crippen molar-refractivity contribution >= 4 is 5.97 Å². The van der Waals surface area contributed by atoms with E-state index in [4.69, 9.17) is 18.9 Å². The van der Waals surface area contributed by atoms with Crippen LogP contribution in [0.4, 0.5) is 0 Å². The number of rotatable bonds is 32. The molecule has 1 aliphatic rings. The molecule has 9 heteroatoms. The number of unbranched alkanes of at least 4 members (excludes halogenated alkanes) is 9. The van der Waals surface area contributed by atoms with Crippen LogP contribution in [0, 0.1) is 0 Å². The summed E-state index contributed by atoms with van der Waals surface area (Å²) in [6, 6.07) is 0. The Morgan fingerprint density at radius 3 is 1.73 bits per heavy atom. The van der Waals surface area contributed by atoms with Crippen molar-refractivity contribution < 1.29 is 44.2 Å². The number of carbonyl (C=O) groups is 1. The van der Waals surface area contributed by atoms with Gasteiger partial charge in [-0.3, -0.25) is 4.79 Å². The fraction of sp³-hybridized carbons (Fsp3) is 0.698. The molecule has 0 aliphatic carbocycles. The summed E-state index contributed by atoms with van der Waals surface area (Å²) in [5.74, 6) is -0.347. The Morgan fingerprint density at radius 1 is 0.635 bits per heavy atom. The van der Waals surface area contributed by atoms with E-state index < -0.39 is 43.4 Å². The Kier molecular flexibility index (Phi) is 31.5. The van der Waals surface area contributed by atoms with Crippen LogP contribution in [0.15, 0.2) is 72.9 Å². The summed E-state index contributed by atoms with van der Waals surface area (Å²) < 4.78 is 22.4. The molecule has 0 spiro atoms. The summed E-state index contributed by atoms with van der Waals surface area (Å²) >= 11 is 0. The largest absolute Gasteiger partial charge is 0.457 e. The predicted octanol–water partition coefficient (Wildman–Crippen LogP) is 8.13. The first kappa shape index (κ1) is 47.7. The number of hydrogen-bond acceptors (Lipinski definition) is 9. The third-order valence-corrected chi connectivity index (χ3v) is 8.64. The van der Waals surface area contributed by atoms with Crippen molar-refractivity contribution in [1.82, 2.24) is 0 Å². The SMILES string of the molecule is CC/C=C\C/C=C\C/C=C\C/C=C\C/C=C\C/C=C\CCCCCCCCCOCC(COC1OC(CO)C(O)C(O)C1O)OC(=O)CCCCC. The molecule has 0 amide bonds. The Balaban J connectivity index is 2.11. The van der Waals surface area contributed by atoms with E-state index in [1.54, 1.807) is 0 Å². The molecule has 1 saturated heterocycles. The summed E-state index contributed by atoms with van der Waals surface area (Å²) in [6.07, 6.45) is 37.3. The van der Waals surface area contributed by atoms with Gasteiger partial charge >= 0.3 is 5.97 Å². The van der Waals surface area contributed by atoms with Gasteiger partial charge in [0, 0.05) is 13.0 Å². The van der Waals surface area contributed by atoms with Crippen molar-refractivity contribution in [3.8, 4) is 0 Å². The number of aliphatic hydroxyl groups excluding tert-OH is 4. The highest BCUT2D eigenvalue weighted by atomic mass is 16.7. The third kappa shape index (κ3) is 25.6. The second kappa shape index (κ2) is 34.4. The fourth-order valence-electron chi connectivity index (χ4n) is 5.49. The highest BCUT2D eigenvalue weighted by molar-refractivity contribution is 5.69. The van der Waals surface area contributed by atoms with E-state index >= 15 is 0 Å². The molecule has 0 radical (unpaired) electrons. The van der Waals surface area contributed by atoms with E-state index in [0.717, 1.165) is 83.5 Å². The summed E-state index contributed by atoms with van der Waals surface area (Å²) in [7, 11) is 0. The molecule has 1 rings (SSSR count). The lowest BCUT2D eigenvalue weighted by molar-refractivity contribution is -0.305. The van der Waals surface area contributed by atoms with E-state index in [1.807, 2.05) is 0 Å². The van der Waals surface area contributed by atoms with Gasteiger partial charge in [-0.15, -0.1) is 0 Å². The highest BCUT2D eigenvalue weighted by Gasteiger charge is 2.44. The van der Waals surface area contributed by atoms with Gasteiger partial charge < -0.3 is 39.4 Å². The van der Waals surface area contributed by atoms with Crippen LogP contribution in [0.1, 0.15) is 129 Å². The average Bonchev–Trinajstić information content (AvgIpc) is 3.14. The Bertz CT molecular complexity index is 1020. The smallest absolute Gasteiger partial charge is 0.306 e. The number of hydrogen-bond donors (Lipinski definition) is 4. The van der Waals surface area contributed by atoms with Crippen molar-refractivity contribution in [3.05, 3.63) is 72.9 Å².